The predicted molar refractivity (Wildman–Crippen MR) is 73.3 cm³/mol. The summed E-state index contributed by atoms with van der Waals surface area (Å²) >= 11 is 0. The number of nitrogens with zero attached hydrogens (tertiary/aromatic N) is 2. The Morgan fingerprint density at radius 1 is 1.37 bits per heavy atom. The van der Waals surface area contributed by atoms with Gasteiger partial charge in [0.1, 0.15) is 11.5 Å². The fourth-order valence-corrected chi connectivity index (χ4v) is 2.19. The van der Waals surface area contributed by atoms with Crippen molar-refractivity contribution in [2.45, 2.75) is 46.0 Å². The lowest BCUT2D eigenvalue weighted by Crippen LogP contribution is -2.16. The maximum Gasteiger partial charge on any atom is 0.303 e. The summed E-state index contributed by atoms with van der Waals surface area (Å²) in [5, 5.41) is 9.79. The van der Waals surface area contributed by atoms with Crippen molar-refractivity contribution in [3.63, 3.8) is 0 Å². The van der Waals surface area contributed by atoms with E-state index in [1.165, 1.54) is 0 Å². The zero-order valence-electron chi connectivity index (χ0n) is 11.7. The number of aliphatic carboxylic acids is 1. The molecule has 0 atom stereocenters. The SMILES string of the molecule is Cc1nc(C(C)(C)C)c2c(CCC(=O)O)c[nH]c2n1. The fourth-order valence-electron chi connectivity index (χ4n) is 2.19. The Balaban J connectivity index is 2.58. The fraction of sp³-hybridized carbons (Fsp3) is 0.500. The Labute approximate surface area is 112 Å². The standard InChI is InChI=1S/C14H19N3O2/c1-8-16-12(14(2,3)4)11-9(5-6-10(18)19)7-15-13(11)17-8/h7H,5-6H2,1-4H3,(H,18,19)(H,15,16,17). The third-order valence-corrected chi connectivity index (χ3v) is 3.04. The highest BCUT2D eigenvalue weighted by atomic mass is 16.4. The first-order valence-corrected chi connectivity index (χ1v) is 6.36. The van der Waals surface area contributed by atoms with Gasteiger partial charge in [0.25, 0.3) is 0 Å². The molecule has 0 aliphatic rings. The van der Waals surface area contributed by atoms with Crippen molar-refractivity contribution in [2.24, 2.45) is 0 Å². The van der Waals surface area contributed by atoms with Crippen LogP contribution in [-0.2, 0) is 16.6 Å². The van der Waals surface area contributed by atoms with E-state index in [9.17, 15) is 4.79 Å². The van der Waals surface area contributed by atoms with E-state index in [0.717, 1.165) is 28.1 Å². The molecule has 2 N–H and O–H groups in total. The molecule has 0 aliphatic heterocycles. The van der Waals surface area contributed by atoms with Gasteiger partial charge in [-0.3, -0.25) is 4.79 Å². The minimum Gasteiger partial charge on any atom is -0.481 e. The van der Waals surface area contributed by atoms with Crippen LogP contribution >= 0.6 is 0 Å². The summed E-state index contributed by atoms with van der Waals surface area (Å²) in [7, 11) is 0. The van der Waals surface area contributed by atoms with E-state index in [1.807, 2.05) is 13.1 Å². The van der Waals surface area contributed by atoms with Crippen LogP contribution < -0.4 is 0 Å². The maximum absolute atomic E-state index is 10.7. The van der Waals surface area contributed by atoms with Gasteiger partial charge in [0.15, 0.2) is 0 Å². The molecule has 5 nitrogen and oxygen atoms in total. The number of aromatic amines is 1. The predicted octanol–water partition coefficient (Wildman–Crippen LogP) is 2.58. The third kappa shape index (κ3) is 2.75. The third-order valence-electron chi connectivity index (χ3n) is 3.04. The number of carboxylic acid groups (broad SMARTS) is 1. The number of aromatic nitrogens is 3. The van der Waals surface area contributed by atoms with Gasteiger partial charge < -0.3 is 10.1 Å². The van der Waals surface area contributed by atoms with Gasteiger partial charge in [-0.15, -0.1) is 0 Å². The average Bonchev–Trinajstić information content (AvgIpc) is 2.66. The average molecular weight is 261 g/mol. The number of H-pyrrole nitrogens is 1. The molecular weight excluding hydrogens is 242 g/mol. The lowest BCUT2D eigenvalue weighted by Gasteiger charge is -2.19. The highest BCUT2D eigenvalue weighted by Crippen LogP contribution is 2.30. The minimum absolute atomic E-state index is 0.105. The highest BCUT2D eigenvalue weighted by Gasteiger charge is 2.22. The Kier molecular flexibility index (Phi) is 3.30. The highest BCUT2D eigenvalue weighted by molar-refractivity contribution is 5.83. The van der Waals surface area contributed by atoms with E-state index in [-0.39, 0.29) is 11.8 Å². The summed E-state index contributed by atoms with van der Waals surface area (Å²) in [5.74, 6) is -0.0660. The van der Waals surface area contributed by atoms with Gasteiger partial charge in [0.2, 0.25) is 0 Å². The van der Waals surface area contributed by atoms with Crippen LogP contribution in [0.1, 0.15) is 44.3 Å². The smallest absolute Gasteiger partial charge is 0.303 e. The van der Waals surface area contributed by atoms with Crippen molar-refractivity contribution in [3.8, 4) is 0 Å². The number of hydrogen-bond acceptors (Lipinski definition) is 3. The first-order valence-electron chi connectivity index (χ1n) is 6.36. The van der Waals surface area contributed by atoms with E-state index in [2.05, 4.69) is 35.7 Å². The maximum atomic E-state index is 10.7. The van der Waals surface area contributed by atoms with Gasteiger partial charge in [-0.25, -0.2) is 9.97 Å². The molecule has 2 aromatic heterocycles. The number of aryl methyl sites for hydroxylation is 2. The number of carboxylic acids is 1. The first kappa shape index (κ1) is 13.5. The van der Waals surface area contributed by atoms with Gasteiger partial charge in [0.05, 0.1) is 5.69 Å². The molecule has 0 bridgehead atoms. The van der Waals surface area contributed by atoms with Crippen LogP contribution in [0.15, 0.2) is 6.20 Å². The molecular formula is C14H19N3O2. The molecule has 19 heavy (non-hydrogen) atoms. The van der Waals surface area contributed by atoms with Gasteiger partial charge in [0, 0.05) is 23.4 Å². The first-order chi connectivity index (χ1) is 8.79. The Morgan fingerprint density at radius 2 is 2.05 bits per heavy atom. The van der Waals surface area contributed by atoms with E-state index < -0.39 is 5.97 Å². The van der Waals surface area contributed by atoms with E-state index in [4.69, 9.17) is 5.11 Å². The molecule has 0 fully saturated rings. The molecule has 2 rings (SSSR count). The monoisotopic (exact) mass is 261 g/mol. The molecule has 0 aliphatic carbocycles. The zero-order chi connectivity index (χ0) is 14.2. The van der Waals surface area contributed by atoms with Crippen LogP contribution in [0.5, 0.6) is 0 Å². The molecule has 102 valence electrons. The second kappa shape index (κ2) is 4.64. The molecule has 0 amide bonds. The zero-order valence-corrected chi connectivity index (χ0v) is 11.7. The molecule has 0 spiro atoms. The van der Waals surface area contributed by atoms with Crippen molar-refractivity contribution in [1.29, 1.82) is 0 Å². The van der Waals surface area contributed by atoms with Crippen LogP contribution in [0.4, 0.5) is 0 Å². The molecule has 0 saturated carbocycles. The van der Waals surface area contributed by atoms with Crippen molar-refractivity contribution in [1.82, 2.24) is 15.0 Å². The van der Waals surface area contributed by atoms with Gasteiger partial charge >= 0.3 is 5.97 Å². The van der Waals surface area contributed by atoms with Crippen molar-refractivity contribution >= 4 is 17.0 Å². The normalized spacial score (nSPS) is 12.0. The summed E-state index contributed by atoms with van der Waals surface area (Å²) in [6.07, 6.45) is 2.45. The van der Waals surface area contributed by atoms with Crippen LogP contribution in [0.3, 0.4) is 0 Å². The number of carbonyl (C=O) groups is 1. The number of nitrogens with one attached hydrogen (secondary N) is 1. The summed E-state index contributed by atoms with van der Waals surface area (Å²) in [4.78, 5) is 22.8. The van der Waals surface area contributed by atoms with Crippen LogP contribution in [0.25, 0.3) is 11.0 Å². The molecule has 2 heterocycles. The largest absolute Gasteiger partial charge is 0.481 e. The van der Waals surface area contributed by atoms with Crippen molar-refractivity contribution < 1.29 is 9.90 Å². The number of hydrogen-bond donors (Lipinski definition) is 2. The van der Waals surface area contributed by atoms with Gasteiger partial charge in [-0.1, -0.05) is 20.8 Å². The summed E-state index contributed by atoms with van der Waals surface area (Å²) < 4.78 is 0. The second-order valence-electron chi connectivity index (χ2n) is 5.80. The van der Waals surface area contributed by atoms with Gasteiger partial charge in [-0.2, -0.15) is 0 Å². The Bertz CT molecular complexity index is 623. The Hall–Kier alpha value is -1.91. The topological polar surface area (TPSA) is 78.9 Å². The quantitative estimate of drug-likeness (QED) is 0.890. The molecule has 0 radical (unpaired) electrons. The lowest BCUT2D eigenvalue weighted by atomic mass is 9.88. The van der Waals surface area contributed by atoms with E-state index in [1.54, 1.807) is 0 Å². The summed E-state index contributed by atoms with van der Waals surface area (Å²) in [6.45, 7) is 8.17. The van der Waals surface area contributed by atoms with Crippen molar-refractivity contribution in [3.05, 3.63) is 23.3 Å². The molecule has 0 unspecified atom stereocenters. The molecule has 2 aromatic rings. The molecule has 0 saturated heterocycles. The van der Waals surface area contributed by atoms with E-state index in [0.29, 0.717) is 6.42 Å². The van der Waals surface area contributed by atoms with Crippen LogP contribution in [0.2, 0.25) is 0 Å². The second-order valence-corrected chi connectivity index (χ2v) is 5.80. The number of fused-ring (bicyclic) bond motifs is 1. The van der Waals surface area contributed by atoms with Crippen LogP contribution in [-0.4, -0.2) is 26.0 Å². The van der Waals surface area contributed by atoms with Crippen LogP contribution in [0, 0.1) is 6.92 Å². The number of rotatable bonds is 3. The van der Waals surface area contributed by atoms with Gasteiger partial charge in [-0.05, 0) is 18.9 Å². The Morgan fingerprint density at radius 3 is 2.63 bits per heavy atom. The van der Waals surface area contributed by atoms with E-state index >= 15 is 0 Å². The van der Waals surface area contributed by atoms with Crippen molar-refractivity contribution in [2.75, 3.05) is 0 Å². The molecule has 5 heteroatoms. The lowest BCUT2D eigenvalue weighted by molar-refractivity contribution is -0.136. The minimum atomic E-state index is -0.792. The molecule has 0 aromatic carbocycles. The summed E-state index contributed by atoms with van der Waals surface area (Å²) in [6, 6.07) is 0. The summed E-state index contributed by atoms with van der Waals surface area (Å²) in [5.41, 5.74) is 2.63.